The fourth-order valence-electron chi connectivity index (χ4n) is 1.77. The van der Waals surface area contributed by atoms with Crippen molar-refractivity contribution in [2.24, 2.45) is 12.8 Å². The van der Waals surface area contributed by atoms with Crippen molar-refractivity contribution in [2.75, 3.05) is 7.05 Å². The Morgan fingerprint density at radius 2 is 2.26 bits per heavy atom. The third kappa shape index (κ3) is 2.86. The molecule has 6 nitrogen and oxygen atoms in total. The Hall–Kier alpha value is -1.22. The van der Waals surface area contributed by atoms with Gasteiger partial charge in [0.25, 0.3) is 0 Å². The van der Waals surface area contributed by atoms with Gasteiger partial charge in [0.1, 0.15) is 0 Å². The number of nitrogens with two attached hydrogens (primary N) is 1. The quantitative estimate of drug-likeness (QED) is 0.884. The summed E-state index contributed by atoms with van der Waals surface area (Å²) in [6.07, 6.45) is 3.45. The van der Waals surface area contributed by atoms with Crippen molar-refractivity contribution in [2.45, 2.75) is 18.0 Å². The average molecular weight is 300 g/mol. The molecule has 0 saturated heterocycles. The zero-order valence-corrected chi connectivity index (χ0v) is 12.4. The molecule has 19 heavy (non-hydrogen) atoms. The fourth-order valence-corrected chi connectivity index (χ4v) is 4.23. The van der Waals surface area contributed by atoms with Crippen LogP contribution in [0.5, 0.6) is 0 Å². The van der Waals surface area contributed by atoms with Crippen LogP contribution in [0.15, 0.2) is 28.7 Å². The van der Waals surface area contributed by atoms with Gasteiger partial charge >= 0.3 is 0 Å². The molecule has 2 heterocycles. The van der Waals surface area contributed by atoms with Gasteiger partial charge in [-0.15, -0.1) is 11.3 Å². The van der Waals surface area contributed by atoms with Crippen molar-refractivity contribution >= 4 is 21.4 Å². The van der Waals surface area contributed by atoms with E-state index in [4.69, 9.17) is 5.73 Å². The number of aryl methyl sites for hydroxylation is 1. The predicted octanol–water partition coefficient (Wildman–Crippen LogP) is 0.761. The molecular formula is C11H16N4O2S2. The molecule has 8 heteroatoms. The molecule has 0 atom stereocenters. The van der Waals surface area contributed by atoms with Gasteiger partial charge in [0, 0.05) is 43.8 Å². The molecule has 0 saturated carbocycles. The highest BCUT2D eigenvalue weighted by Gasteiger charge is 2.24. The van der Waals surface area contributed by atoms with E-state index in [9.17, 15) is 8.42 Å². The molecular weight excluding hydrogens is 284 g/mol. The van der Waals surface area contributed by atoms with Crippen LogP contribution in [0, 0.1) is 0 Å². The van der Waals surface area contributed by atoms with E-state index in [2.05, 4.69) is 5.10 Å². The van der Waals surface area contributed by atoms with Crippen molar-refractivity contribution in [1.82, 2.24) is 14.1 Å². The summed E-state index contributed by atoms with van der Waals surface area (Å²) in [5, 5.41) is 5.77. The first kappa shape index (κ1) is 14.2. The van der Waals surface area contributed by atoms with Gasteiger partial charge in [-0.2, -0.15) is 9.40 Å². The van der Waals surface area contributed by atoms with Crippen molar-refractivity contribution in [1.29, 1.82) is 0 Å². The number of hydrogen-bond acceptors (Lipinski definition) is 5. The highest BCUT2D eigenvalue weighted by atomic mass is 32.2. The normalized spacial score (nSPS) is 12.2. The summed E-state index contributed by atoms with van der Waals surface area (Å²) < 4.78 is 27.8. The smallest absolute Gasteiger partial charge is 0.244 e. The summed E-state index contributed by atoms with van der Waals surface area (Å²) in [5.74, 6) is 0. The molecule has 2 rings (SSSR count). The lowest BCUT2D eigenvalue weighted by Crippen LogP contribution is -2.27. The van der Waals surface area contributed by atoms with E-state index in [1.54, 1.807) is 42.6 Å². The van der Waals surface area contributed by atoms with Crippen LogP contribution in [0.25, 0.3) is 0 Å². The van der Waals surface area contributed by atoms with Gasteiger partial charge in [-0.05, 0) is 11.4 Å². The minimum atomic E-state index is -3.50. The first-order chi connectivity index (χ1) is 8.95. The van der Waals surface area contributed by atoms with Gasteiger partial charge in [-0.1, -0.05) is 0 Å². The average Bonchev–Trinajstić information content (AvgIpc) is 2.97. The first-order valence-electron chi connectivity index (χ1n) is 5.65. The molecule has 0 aromatic carbocycles. The number of thiophene rings is 1. The lowest BCUT2D eigenvalue weighted by atomic mass is 10.4. The zero-order valence-electron chi connectivity index (χ0n) is 10.8. The van der Waals surface area contributed by atoms with Gasteiger partial charge in [0.2, 0.25) is 10.0 Å². The summed E-state index contributed by atoms with van der Waals surface area (Å²) >= 11 is 1.36. The van der Waals surface area contributed by atoms with Crippen molar-refractivity contribution < 1.29 is 8.42 Å². The van der Waals surface area contributed by atoms with E-state index >= 15 is 0 Å². The summed E-state index contributed by atoms with van der Waals surface area (Å²) in [7, 11) is -0.150. The Morgan fingerprint density at radius 3 is 2.84 bits per heavy atom. The highest BCUT2D eigenvalue weighted by molar-refractivity contribution is 7.89. The molecule has 2 aromatic heterocycles. The Balaban J connectivity index is 2.24. The van der Waals surface area contributed by atoms with E-state index in [0.29, 0.717) is 9.77 Å². The topological polar surface area (TPSA) is 81.2 Å². The van der Waals surface area contributed by atoms with Crippen LogP contribution in [0.1, 0.15) is 10.4 Å². The van der Waals surface area contributed by atoms with Gasteiger partial charge < -0.3 is 5.73 Å². The van der Waals surface area contributed by atoms with Crippen LogP contribution in [0.3, 0.4) is 0 Å². The van der Waals surface area contributed by atoms with E-state index in [0.717, 1.165) is 5.56 Å². The second-order valence-electron chi connectivity index (χ2n) is 4.20. The standard InChI is InChI=1S/C11H16N4O2S2/c1-14-7-9(6-13-14)8-15(2)19(16,17)11-3-4-18-10(11)5-12/h3-4,6-7H,5,8,12H2,1-2H3. The van der Waals surface area contributed by atoms with Gasteiger partial charge in [-0.3, -0.25) is 4.68 Å². The molecule has 0 aliphatic rings. The second kappa shape index (κ2) is 5.41. The molecule has 0 radical (unpaired) electrons. The number of hydrogen-bond donors (Lipinski definition) is 1. The van der Waals surface area contributed by atoms with Crippen molar-refractivity contribution in [3.8, 4) is 0 Å². The van der Waals surface area contributed by atoms with E-state index in [1.807, 2.05) is 0 Å². The van der Waals surface area contributed by atoms with Crippen LogP contribution in [0.2, 0.25) is 0 Å². The summed E-state index contributed by atoms with van der Waals surface area (Å²) in [4.78, 5) is 0.976. The molecule has 104 valence electrons. The molecule has 2 aromatic rings. The van der Waals surface area contributed by atoms with Crippen LogP contribution in [-0.4, -0.2) is 29.6 Å². The third-order valence-corrected chi connectivity index (χ3v) is 5.70. The maximum Gasteiger partial charge on any atom is 0.244 e. The monoisotopic (exact) mass is 300 g/mol. The van der Waals surface area contributed by atoms with E-state index in [1.165, 1.54) is 15.6 Å². The Morgan fingerprint density at radius 1 is 1.53 bits per heavy atom. The van der Waals surface area contributed by atoms with Gasteiger partial charge in [-0.25, -0.2) is 8.42 Å². The second-order valence-corrected chi connectivity index (χ2v) is 7.21. The molecule has 0 unspecified atom stereocenters. The summed E-state index contributed by atoms with van der Waals surface area (Å²) in [6, 6.07) is 1.60. The van der Waals surface area contributed by atoms with Crippen LogP contribution < -0.4 is 5.73 Å². The van der Waals surface area contributed by atoms with Crippen LogP contribution in [0.4, 0.5) is 0 Å². The molecule has 2 N–H and O–H groups in total. The predicted molar refractivity (Wildman–Crippen MR) is 74.1 cm³/mol. The van der Waals surface area contributed by atoms with Crippen LogP contribution in [-0.2, 0) is 30.2 Å². The van der Waals surface area contributed by atoms with Crippen molar-refractivity contribution in [3.63, 3.8) is 0 Å². The Labute approximate surface area is 116 Å². The van der Waals surface area contributed by atoms with E-state index < -0.39 is 10.0 Å². The fraction of sp³-hybridized carbons (Fsp3) is 0.364. The number of aromatic nitrogens is 2. The van der Waals surface area contributed by atoms with Crippen molar-refractivity contribution in [3.05, 3.63) is 34.3 Å². The summed E-state index contributed by atoms with van der Waals surface area (Å²) in [5.41, 5.74) is 6.41. The highest BCUT2D eigenvalue weighted by Crippen LogP contribution is 2.24. The molecule has 0 aliphatic heterocycles. The molecule has 0 amide bonds. The molecule has 0 bridgehead atoms. The lowest BCUT2D eigenvalue weighted by molar-refractivity contribution is 0.466. The van der Waals surface area contributed by atoms with Gasteiger partial charge in [0.15, 0.2) is 0 Å². The minimum Gasteiger partial charge on any atom is -0.326 e. The largest absolute Gasteiger partial charge is 0.326 e. The van der Waals surface area contributed by atoms with Crippen LogP contribution >= 0.6 is 11.3 Å². The first-order valence-corrected chi connectivity index (χ1v) is 7.97. The molecule has 0 spiro atoms. The zero-order chi connectivity index (χ0) is 14.0. The van der Waals surface area contributed by atoms with Gasteiger partial charge in [0.05, 0.1) is 11.1 Å². The minimum absolute atomic E-state index is 0.229. The third-order valence-electron chi connectivity index (χ3n) is 2.74. The number of rotatable bonds is 5. The maximum absolute atomic E-state index is 12.4. The number of sulfonamides is 1. The molecule has 0 aliphatic carbocycles. The SMILES string of the molecule is CN(Cc1cnn(C)c1)S(=O)(=O)c1ccsc1CN. The maximum atomic E-state index is 12.4. The molecule has 0 fully saturated rings. The Kier molecular flexibility index (Phi) is 4.04. The van der Waals surface area contributed by atoms with E-state index in [-0.39, 0.29) is 13.1 Å². The Bertz CT molecular complexity index is 660. The number of nitrogens with zero attached hydrogens (tertiary/aromatic N) is 3. The summed E-state index contributed by atoms with van der Waals surface area (Å²) in [6.45, 7) is 0.517. The lowest BCUT2D eigenvalue weighted by Gasteiger charge is -2.16.